The van der Waals surface area contributed by atoms with E-state index >= 15 is 0 Å². The lowest BCUT2D eigenvalue weighted by Gasteiger charge is -2.17. The lowest BCUT2D eigenvalue weighted by atomic mass is 10.1. The Labute approximate surface area is 151 Å². The van der Waals surface area contributed by atoms with E-state index in [1.165, 1.54) is 0 Å². The molecule has 0 saturated carbocycles. The summed E-state index contributed by atoms with van der Waals surface area (Å²) in [5, 5.41) is 0. The molecule has 0 atom stereocenters. The molecule has 1 saturated heterocycles. The molecule has 8 heteroatoms. The molecule has 7 nitrogen and oxygen atoms in total. The molecule has 2 heterocycles. The van der Waals surface area contributed by atoms with Crippen molar-refractivity contribution in [2.24, 2.45) is 0 Å². The largest absolute Gasteiger partial charge is 0.342 e. The monoisotopic (exact) mass is 370 g/mol. The first-order valence-electron chi connectivity index (χ1n) is 8.29. The molecular formula is C18H18N4O3S. The number of imidazole rings is 1. The van der Waals surface area contributed by atoms with Gasteiger partial charge in [0, 0.05) is 6.42 Å². The SMILES string of the molecule is Cc1cc(CCc2nc3ccccc3[nH]2)ccc1N1CC(=O)NS1(=O)=O. The van der Waals surface area contributed by atoms with Crippen LogP contribution in [0.25, 0.3) is 11.0 Å². The predicted molar refractivity (Wildman–Crippen MR) is 99.1 cm³/mol. The fraction of sp³-hybridized carbons (Fsp3) is 0.222. The average Bonchev–Trinajstić information content (AvgIpc) is 3.12. The van der Waals surface area contributed by atoms with E-state index in [2.05, 4.69) is 9.97 Å². The van der Waals surface area contributed by atoms with Crippen LogP contribution >= 0.6 is 0 Å². The molecule has 134 valence electrons. The maximum absolute atomic E-state index is 12.0. The third-order valence-electron chi connectivity index (χ3n) is 4.44. The number of nitrogens with zero attached hydrogens (tertiary/aromatic N) is 2. The molecule has 0 bridgehead atoms. The fourth-order valence-corrected chi connectivity index (χ4v) is 4.41. The lowest BCUT2D eigenvalue weighted by Crippen LogP contribution is -2.30. The zero-order valence-electron chi connectivity index (χ0n) is 14.2. The van der Waals surface area contributed by atoms with E-state index in [0.717, 1.165) is 45.1 Å². The number of fused-ring (bicyclic) bond motifs is 1. The van der Waals surface area contributed by atoms with Gasteiger partial charge in [-0.15, -0.1) is 0 Å². The van der Waals surface area contributed by atoms with E-state index in [1.807, 2.05) is 48.0 Å². The van der Waals surface area contributed by atoms with Crippen molar-refractivity contribution in [2.75, 3.05) is 10.8 Å². The molecule has 3 aromatic rings. The van der Waals surface area contributed by atoms with Gasteiger partial charge in [0.2, 0.25) is 0 Å². The maximum atomic E-state index is 12.0. The Bertz CT molecular complexity index is 1070. The molecule has 1 amide bonds. The molecular weight excluding hydrogens is 352 g/mol. The number of anilines is 1. The van der Waals surface area contributed by atoms with E-state index in [1.54, 1.807) is 6.07 Å². The number of aryl methyl sites for hydroxylation is 3. The second-order valence-electron chi connectivity index (χ2n) is 6.36. The first-order chi connectivity index (χ1) is 12.4. The highest BCUT2D eigenvalue weighted by Crippen LogP contribution is 2.26. The number of para-hydroxylation sites is 2. The Morgan fingerprint density at radius 3 is 2.65 bits per heavy atom. The van der Waals surface area contributed by atoms with E-state index in [4.69, 9.17) is 0 Å². The predicted octanol–water partition coefficient (Wildman–Crippen LogP) is 1.84. The quantitative estimate of drug-likeness (QED) is 0.732. The minimum absolute atomic E-state index is 0.179. The van der Waals surface area contributed by atoms with E-state index in [9.17, 15) is 13.2 Å². The molecule has 2 aromatic carbocycles. The molecule has 0 radical (unpaired) electrons. The van der Waals surface area contributed by atoms with E-state index in [0.29, 0.717) is 5.69 Å². The van der Waals surface area contributed by atoms with Crippen molar-refractivity contribution in [3.63, 3.8) is 0 Å². The third kappa shape index (κ3) is 3.03. The molecule has 0 unspecified atom stereocenters. The van der Waals surface area contributed by atoms with Gasteiger partial charge in [0.15, 0.2) is 0 Å². The van der Waals surface area contributed by atoms with Crippen molar-refractivity contribution in [3.8, 4) is 0 Å². The summed E-state index contributed by atoms with van der Waals surface area (Å²) in [6, 6.07) is 13.5. The van der Waals surface area contributed by atoms with Crippen molar-refractivity contribution >= 4 is 32.8 Å². The van der Waals surface area contributed by atoms with Gasteiger partial charge >= 0.3 is 10.2 Å². The van der Waals surface area contributed by atoms with Gasteiger partial charge < -0.3 is 4.98 Å². The van der Waals surface area contributed by atoms with Gasteiger partial charge in [-0.1, -0.05) is 24.3 Å². The summed E-state index contributed by atoms with van der Waals surface area (Å²) in [4.78, 5) is 19.3. The third-order valence-corrected chi connectivity index (χ3v) is 5.83. The molecule has 0 spiro atoms. The van der Waals surface area contributed by atoms with Crippen LogP contribution < -0.4 is 9.03 Å². The molecule has 0 aliphatic carbocycles. The summed E-state index contributed by atoms with van der Waals surface area (Å²) in [5.41, 5.74) is 4.39. The normalized spacial score (nSPS) is 16.2. The second-order valence-corrected chi connectivity index (χ2v) is 7.95. The van der Waals surface area contributed by atoms with Crippen LogP contribution in [0.15, 0.2) is 42.5 Å². The Hall–Kier alpha value is -2.87. The molecule has 1 aliphatic rings. The van der Waals surface area contributed by atoms with Gasteiger partial charge in [0.05, 0.1) is 16.7 Å². The number of hydrogen-bond donors (Lipinski definition) is 2. The van der Waals surface area contributed by atoms with Gasteiger partial charge in [-0.3, -0.25) is 4.79 Å². The summed E-state index contributed by atoms with van der Waals surface area (Å²) in [5.74, 6) is 0.406. The van der Waals surface area contributed by atoms with Crippen molar-refractivity contribution < 1.29 is 13.2 Å². The Balaban J connectivity index is 1.52. The number of amides is 1. The Morgan fingerprint density at radius 2 is 1.96 bits per heavy atom. The molecule has 1 aliphatic heterocycles. The number of rotatable bonds is 4. The van der Waals surface area contributed by atoms with Crippen molar-refractivity contribution in [1.82, 2.24) is 14.7 Å². The topological polar surface area (TPSA) is 95.2 Å². The number of H-pyrrole nitrogens is 1. The van der Waals surface area contributed by atoms with Crippen molar-refractivity contribution in [2.45, 2.75) is 19.8 Å². The Kier molecular flexibility index (Phi) is 3.91. The van der Waals surface area contributed by atoms with Crippen LogP contribution in [-0.4, -0.2) is 30.8 Å². The first-order valence-corrected chi connectivity index (χ1v) is 9.73. The molecule has 26 heavy (non-hydrogen) atoms. The number of aromatic nitrogens is 2. The van der Waals surface area contributed by atoms with Crippen LogP contribution in [0.2, 0.25) is 0 Å². The van der Waals surface area contributed by atoms with Crippen LogP contribution in [-0.2, 0) is 27.8 Å². The number of hydrogen-bond acceptors (Lipinski definition) is 4. The van der Waals surface area contributed by atoms with E-state index in [-0.39, 0.29) is 6.54 Å². The van der Waals surface area contributed by atoms with Crippen molar-refractivity contribution in [1.29, 1.82) is 0 Å². The molecule has 2 N–H and O–H groups in total. The van der Waals surface area contributed by atoms with Gasteiger partial charge in [-0.2, -0.15) is 8.42 Å². The fourth-order valence-electron chi connectivity index (χ4n) is 3.20. The Morgan fingerprint density at radius 1 is 1.15 bits per heavy atom. The smallest absolute Gasteiger partial charge is 0.326 e. The highest BCUT2D eigenvalue weighted by Gasteiger charge is 2.34. The van der Waals surface area contributed by atoms with Crippen LogP contribution in [0.4, 0.5) is 5.69 Å². The van der Waals surface area contributed by atoms with Gasteiger partial charge in [0.1, 0.15) is 12.4 Å². The van der Waals surface area contributed by atoms with Crippen molar-refractivity contribution in [3.05, 3.63) is 59.4 Å². The van der Waals surface area contributed by atoms with Crippen LogP contribution in [0.5, 0.6) is 0 Å². The number of benzene rings is 2. The zero-order valence-corrected chi connectivity index (χ0v) is 15.0. The molecule has 1 aromatic heterocycles. The average molecular weight is 370 g/mol. The number of carbonyl (C=O) groups excluding carboxylic acids is 1. The number of carbonyl (C=O) groups is 1. The maximum Gasteiger partial charge on any atom is 0.326 e. The van der Waals surface area contributed by atoms with Crippen LogP contribution in [0.3, 0.4) is 0 Å². The summed E-state index contributed by atoms with van der Waals surface area (Å²) in [6.07, 6.45) is 1.54. The van der Waals surface area contributed by atoms with Gasteiger partial charge in [-0.25, -0.2) is 14.0 Å². The summed E-state index contributed by atoms with van der Waals surface area (Å²) < 4.78 is 27.1. The molecule has 4 rings (SSSR count). The van der Waals surface area contributed by atoms with E-state index < -0.39 is 16.1 Å². The standard InChI is InChI=1S/C18H18N4O3S/c1-12-10-13(6-8-16(12)22-11-18(23)21-26(22,24)25)7-9-17-19-14-4-2-3-5-15(14)20-17/h2-6,8,10H,7,9,11H2,1H3,(H,19,20)(H,21,23). The van der Waals surface area contributed by atoms with Crippen LogP contribution in [0.1, 0.15) is 17.0 Å². The zero-order chi connectivity index (χ0) is 18.3. The lowest BCUT2D eigenvalue weighted by molar-refractivity contribution is -0.117. The minimum Gasteiger partial charge on any atom is -0.342 e. The number of aromatic amines is 1. The number of nitrogens with one attached hydrogen (secondary N) is 2. The highest BCUT2D eigenvalue weighted by atomic mass is 32.2. The van der Waals surface area contributed by atoms with Crippen LogP contribution in [0, 0.1) is 6.92 Å². The summed E-state index contributed by atoms with van der Waals surface area (Å²) in [7, 11) is -3.78. The minimum atomic E-state index is -3.78. The first kappa shape index (κ1) is 16.6. The highest BCUT2D eigenvalue weighted by molar-refractivity contribution is 7.92. The molecule has 1 fully saturated rings. The summed E-state index contributed by atoms with van der Waals surface area (Å²) >= 11 is 0. The van der Waals surface area contributed by atoms with Gasteiger partial charge in [-0.05, 0) is 42.7 Å². The summed E-state index contributed by atoms with van der Waals surface area (Å²) in [6.45, 7) is 1.67. The second kappa shape index (κ2) is 6.14. The van der Waals surface area contributed by atoms with Gasteiger partial charge in [0.25, 0.3) is 5.91 Å².